The van der Waals surface area contributed by atoms with Gasteiger partial charge >= 0.3 is 0 Å². The Balaban J connectivity index is 1.41. The first-order chi connectivity index (χ1) is 14.2. The molecule has 2 heterocycles. The number of amides is 1. The third kappa shape index (κ3) is 5.15. The molecule has 0 saturated carbocycles. The van der Waals surface area contributed by atoms with Crippen LogP contribution in [0.1, 0.15) is 22.0 Å². The fourth-order valence-corrected chi connectivity index (χ4v) is 5.38. The van der Waals surface area contributed by atoms with Gasteiger partial charge in [-0.1, -0.05) is 78.0 Å². The third-order valence-electron chi connectivity index (χ3n) is 4.42. The minimum atomic E-state index is -0.125. The van der Waals surface area contributed by atoms with E-state index in [0.717, 1.165) is 26.0 Å². The number of thiophene rings is 1. The largest absolute Gasteiger partial charge is 0.344 e. The van der Waals surface area contributed by atoms with Gasteiger partial charge in [-0.3, -0.25) is 4.79 Å². The van der Waals surface area contributed by atoms with E-state index >= 15 is 0 Å². The number of rotatable bonds is 7. The molecular formula is C23H20N2OS3. The lowest BCUT2D eigenvalue weighted by Gasteiger charge is -2.18. The van der Waals surface area contributed by atoms with Crippen molar-refractivity contribution in [3.05, 3.63) is 93.5 Å². The summed E-state index contributed by atoms with van der Waals surface area (Å²) in [4.78, 5) is 18.5. The molecule has 0 saturated heterocycles. The average molecular weight is 437 g/mol. The molecule has 0 radical (unpaired) electrons. The van der Waals surface area contributed by atoms with Gasteiger partial charge in [0.25, 0.3) is 0 Å². The number of aryl methyl sites for hydroxylation is 1. The molecule has 2 aromatic carbocycles. The summed E-state index contributed by atoms with van der Waals surface area (Å²) in [6, 6.07) is 22.4. The Morgan fingerprint density at radius 2 is 1.83 bits per heavy atom. The molecule has 0 spiro atoms. The van der Waals surface area contributed by atoms with E-state index in [9.17, 15) is 4.79 Å². The highest BCUT2D eigenvalue weighted by Gasteiger charge is 2.18. The Morgan fingerprint density at radius 1 is 1.03 bits per heavy atom. The van der Waals surface area contributed by atoms with Crippen LogP contribution < -0.4 is 5.32 Å². The summed E-state index contributed by atoms with van der Waals surface area (Å²) in [6.07, 6.45) is 0. The van der Waals surface area contributed by atoms with Gasteiger partial charge in [-0.2, -0.15) is 0 Å². The highest BCUT2D eigenvalue weighted by Crippen LogP contribution is 2.29. The predicted octanol–water partition coefficient (Wildman–Crippen LogP) is 6.18. The van der Waals surface area contributed by atoms with Crippen LogP contribution in [0.4, 0.5) is 0 Å². The van der Waals surface area contributed by atoms with Crippen LogP contribution in [-0.4, -0.2) is 16.6 Å². The smallest absolute Gasteiger partial charge is 0.231 e. The van der Waals surface area contributed by atoms with Gasteiger partial charge in [0, 0.05) is 15.8 Å². The molecule has 4 aromatic rings. The van der Waals surface area contributed by atoms with Crippen molar-refractivity contribution < 1.29 is 4.79 Å². The molecule has 29 heavy (non-hydrogen) atoms. The van der Waals surface area contributed by atoms with E-state index < -0.39 is 0 Å². The van der Waals surface area contributed by atoms with Crippen molar-refractivity contribution in [3.8, 4) is 11.3 Å². The molecule has 1 unspecified atom stereocenters. The molecule has 2 aromatic heterocycles. The van der Waals surface area contributed by atoms with Crippen molar-refractivity contribution in [2.24, 2.45) is 0 Å². The highest BCUT2D eigenvalue weighted by atomic mass is 32.2. The van der Waals surface area contributed by atoms with Gasteiger partial charge in [-0.15, -0.1) is 22.7 Å². The van der Waals surface area contributed by atoms with E-state index in [1.807, 2.05) is 47.2 Å². The maximum absolute atomic E-state index is 12.7. The van der Waals surface area contributed by atoms with Crippen LogP contribution in [0.3, 0.4) is 0 Å². The van der Waals surface area contributed by atoms with E-state index in [4.69, 9.17) is 0 Å². The standard InChI is InChI=1S/C23H20N2OS3/c1-16-9-11-18(12-10-16)22(20-8-5-13-27-20)25-21(26)15-29-23-24-19(14-28-23)17-6-3-2-4-7-17/h2-14,22H,15H2,1H3,(H,25,26). The Hall–Kier alpha value is -2.41. The Morgan fingerprint density at radius 3 is 2.55 bits per heavy atom. The molecule has 0 aliphatic rings. The number of thiazole rings is 1. The molecule has 0 fully saturated rings. The van der Waals surface area contributed by atoms with E-state index in [1.54, 1.807) is 22.7 Å². The first-order valence-corrected chi connectivity index (χ1v) is 12.0. The van der Waals surface area contributed by atoms with Crippen molar-refractivity contribution >= 4 is 40.3 Å². The number of benzene rings is 2. The van der Waals surface area contributed by atoms with Crippen LogP contribution in [0.5, 0.6) is 0 Å². The first kappa shape index (κ1) is 19.9. The second-order valence-electron chi connectivity index (χ2n) is 6.58. The molecular weight excluding hydrogens is 416 g/mol. The zero-order valence-electron chi connectivity index (χ0n) is 15.9. The zero-order chi connectivity index (χ0) is 20.1. The molecule has 1 amide bonds. The topological polar surface area (TPSA) is 42.0 Å². The molecule has 3 nitrogen and oxygen atoms in total. The maximum atomic E-state index is 12.7. The Labute approximate surface area is 182 Å². The van der Waals surface area contributed by atoms with Crippen LogP contribution in [0, 0.1) is 6.92 Å². The second-order valence-corrected chi connectivity index (χ2v) is 9.64. The number of carbonyl (C=O) groups is 1. The van der Waals surface area contributed by atoms with Crippen molar-refractivity contribution in [3.63, 3.8) is 0 Å². The first-order valence-electron chi connectivity index (χ1n) is 9.22. The molecule has 146 valence electrons. The second kappa shape index (κ2) is 9.39. The van der Waals surface area contributed by atoms with Crippen molar-refractivity contribution in [2.45, 2.75) is 17.3 Å². The number of hydrogen-bond donors (Lipinski definition) is 1. The fraction of sp³-hybridized carbons (Fsp3) is 0.130. The van der Waals surface area contributed by atoms with Gasteiger partial charge < -0.3 is 5.32 Å². The predicted molar refractivity (Wildman–Crippen MR) is 124 cm³/mol. The molecule has 0 aliphatic heterocycles. The summed E-state index contributed by atoms with van der Waals surface area (Å²) < 4.78 is 0.905. The molecule has 6 heteroatoms. The lowest BCUT2D eigenvalue weighted by molar-refractivity contribution is -0.119. The van der Waals surface area contributed by atoms with Crippen molar-refractivity contribution in [2.75, 3.05) is 5.75 Å². The van der Waals surface area contributed by atoms with Gasteiger partial charge in [-0.05, 0) is 23.9 Å². The SMILES string of the molecule is Cc1ccc(C(NC(=O)CSc2nc(-c3ccccc3)cs2)c2cccs2)cc1. The summed E-state index contributed by atoms with van der Waals surface area (Å²) >= 11 is 4.71. The normalized spacial score (nSPS) is 11.9. The maximum Gasteiger partial charge on any atom is 0.231 e. The van der Waals surface area contributed by atoms with Crippen LogP contribution in [0.25, 0.3) is 11.3 Å². The Kier molecular flexibility index (Phi) is 6.44. The zero-order valence-corrected chi connectivity index (χ0v) is 18.3. The summed E-state index contributed by atoms with van der Waals surface area (Å²) in [5.74, 6) is 0.348. The van der Waals surface area contributed by atoms with Gasteiger partial charge in [0.15, 0.2) is 4.34 Å². The molecule has 0 aliphatic carbocycles. The quantitative estimate of drug-likeness (QED) is 0.352. The molecule has 0 bridgehead atoms. The number of nitrogens with zero attached hydrogens (tertiary/aromatic N) is 1. The third-order valence-corrected chi connectivity index (χ3v) is 7.38. The highest BCUT2D eigenvalue weighted by molar-refractivity contribution is 8.01. The number of thioether (sulfide) groups is 1. The monoisotopic (exact) mass is 436 g/mol. The van der Waals surface area contributed by atoms with Gasteiger partial charge in [-0.25, -0.2) is 4.98 Å². The molecule has 4 rings (SSSR count). The fourth-order valence-electron chi connectivity index (χ4n) is 2.93. The number of carbonyl (C=O) groups excluding carboxylic acids is 1. The lowest BCUT2D eigenvalue weighted by Crippen LogP contribution is -2.30. The minimum Gasteiger partial charge on any atom is -0.344 e. The van der Waals surface area contributed by atoms with Crippen LogP contribution in [0.15, 0.2) is 81.8 Å². The van der Waals surface area contributed by atoms with E-state index in [0.29, 0.717) is 5.75 Å². The lowest BCUT2D eigenvalue weighted by atomic mass is 10.0. The van der Waals surface area contributed by atoms with E-state index in [-0.39, 0.29) is 11.9 Å². The summed E-state index contributed by atoms with van der Waals surface area (Å²) in [5, 5.41) is 7.27. The summed E-state index contributed by atoms with van der Waals surface area (Å²) in [5.41, 5.74) is 4.35. The van der Waals surface area contributed by atoms with Crippen molar-refractivity contribution in [1.29, 1.82) is 0 Å². The number of hydrogen-bond acceptors (Lipinski definition) is 5. The number of nitrogens with one attached hydrogen (secondary N) is 1. The van der Waals surface area contributed by atoms with Gasteiger partial charge in [0.1, 0.15) is 0 Å². The van der Waals surface area contributed by atoms with Gasteiger partial charge in [0.2, 0.25) is 5.91 Å². The van der Waals surface area contributed by atoms with E-state index in [2.05, 4.69) is 47.6 Å². The van der Waals surface area contributed by atoms with Crippen LogP contribution >= 0.6 is 34.4 Å². The van der Waals surface area contributed by atoms with Gasteiger partial charge in [0.05, 0.1) is 17.5 Å². The Bertz CT molecular complexity index is 1060. The molecule has 1 N–H and O–H groups in total. The number of aromatic nitrogens is 1. The van der Waals surface area contributed by atoms with Crippen LogP contribution in [0.2, 0.25) is 0 Å². The van der Waals surface area contributed by atoms with Crippen molar-refractivity contribution in [1.82, 2.24) is 10.3 Å². The summed E-state index contributed by atoms with van der Waals surface area (Å²) in [6.45, 7) is 2.07. The molecule has 1 atom stereocenters. The van der Waals surface area contributed by atoms with Crippen LogP contribution in [-0.2, 0) is 4.79 Å². The minimum absolute atomic E-state index is 0.00503. The summed E-state index contributed by atoms with van der Waals surface area (Å²) in [7, 11) is 0. The van der Waals surface area contributed by atoms with E-state index in [1.165, 1.54) is 17.3 Å². The average Bonchev–Trinajstić information content (AvgIpc) is 3.44.